The van der Waals surface area contributed by atoms with E-state index in [2.05, 4.69) is 25.1 Å². The van der Waals surface area contributed by atoms with E-state index < -0.39 is 0 Å². The highest BCUT2D eigenvalue weighted by atomic mass is 16.6. The first-order valence-corrected chi connectivity index (χ1v) is 7.35. The van der Waals surface area contributed by atoms with Crippen LogP contribution in [0.4, 0.5) is 0 Å². The molecular weight excluding hydrogens is 264 g/mol. The second kappa shape index (κ2) is 5.68. The fourth-order valence-corrected chi connectivity index (χ4v) is 2.60. The Labute approximate surface area is 125 Å². The molecule has 0 aromatic heterocycles. The van der Waals surface area contributed by atoms with Crippen molar-refractivity contribution in [3.05, 3.63) is 42.0 Å². The summed E-state index contributed by atoms with van der Waals surface area (Å²) in [5.41, 5.74) is 3.38. The van der Waals surface area contributed by atoms with Gasteiger partial charge in [-0.3, -0.25) is 0 Å². The Morgan fingerprint density at radius 1 is 1.19 bits per heavy atom. The topological polar surface area (TPSA) is 27.7 Å². The summed E-state index contributed by atoms with van der Waals surface area (Å²) >= 11 is 0. The number of para-hydroxylation sites is 1. The molecule has 0 fully saturated rings. The maximum atomic E-state index is 5.99. The summed E-state index contributed by atoms with van der Waals surface area (Å²) in [6, 6.07) is 12.2. The second-order valence-electron chi connectivity index (χ2n) is 5.28. The van der Waals surface area contributed by atoms with Crippen molar-refractivity contribution >= 4 is 0 Å². The molecule has 110 valence electrons. The van der Waals surface area contributed by atoms with Gasteiger partial charge in [-0.05, 0) is 50.1 Å². The lowest BCUT2D eigenvalue weighted by Gasteiger charge is -2.26. The Kier molecular flexibility index (Phi) is 3.74. The van der Waals surface area contributed by atoms with Gasteiger partial charge in [-0.15, -0.1) is 0 Å². The zero-order chi connectivity index (χ0) is 14.8. The number of benzene rings is 2. The van der Waals surface area contributed by atoms with Crippen LogP contribution in [-0.2, 0) is 0 Å². The molecule has 3 heteroatoms. The van der Waals surface area contributed by atoms with E-state index in [1.165, 1.54) is 0 Å². The third-order valence-electron chi connectivity index (χ3n) is 3.57. The van der Waals surface area contributed by atoms with Crippen molar-refractivity contribution in [1.82, 2.24) is 0 Å². The van der Waals surface area contributed by atoms with Crippen LogP contribution in [-0.4, -0.2) is 19.3 Å². The van der Waals surface area contributed by atoms with Crippen molar-refractivity contribution in [2.24, 2.45) is 0 Å². The standard InChI is InChI=1S/C18H20O3/c1-4-19-14-8-9-15(12(2)10-14)16-6-5-7-17-18(16)21-13(3)11-20-17/h5-10,13H,4,11H2,1-3H3/t13-/m1/s1. The summed E-state index contributed by atoms with van der Waals surface area (Å²) < 4.78 is 17.3. The van der Waals surface area contributed by atoms with Crippen LogP contribution in [0.1, 0.15) is 19.4 Å². The lowest BCUT2D eigenvalue weighted by molar-refractivity contribution is 0.105. The SMILES string of the molecule is CCOc1ccc(-c2cccc3c2O[C@H](C)CO3)c(C)c1. The molecule has 0 unspecified atom stereocenters. The fraction of sp³-hybridized carbons (Fsp3) is 0.333. The van der Waals surface area contributed by atoms with Gasteiger partial charge in [0.15, 0.2) is 11.5 Å². The first kappa shape index (κ1) is 13.8. The number of aryl methyl sites for hydroxylation is 1. The Bertz CT molecular complexity index is 649. The smallest absolute Gasteiger partial charge is 0.169 e. The molecule has 0 radical (unpaired) electrons. The summed E-state index contributed by atoms with van der Waals surface area (Å²) in [6.45, 7) is 7.37. The average molecular weight is 284 g/mol. The van der Waals surface area contributed by atoms with Gasteiger partial charge < -0.3 is 14.2 Å². The van der Waals surface area contributed by atoms with Gasteiger partial charge in [0.25, 0.3) is 0 Å². The van der Waals surface area contributed by atoms with E-state index in [1.54, 1.807) is 0 Å². The lowest BCUT2D eigenvalue weighted by atomic mass is 9.98. The van der Waals surface area contributed by atoms with Gasteiger partial charge in [0, 0.05) is 5.56 Å². The monoisotopic (exact) mass is 284 g/mol. The van der Waals surface area contributed by atoms with Crippen LogP contribution >= 0.6 is 0 Å². The molecule has 0 aliphatic carbocycles. The molecule has 3 nitrogen and oxygen atoms in total. The third-order valence-corrected chi connectivity index (χ3v) is 3.57. The van der Waals surface area contributed by atoms with Gasteiger partial charge in [0.2, 0.25) is 0 Å². The van der Waals surface area contributed by atoms with Crippen molar-refractivity contribution in [2.75, 3.05) is 13.2 Å². The number of rotatable bonds is 3. The summed E-state index contributed by atoms with van der Waals surface area (Å²) in [7, 11) is 0. The summed E-state index contributed by atoms with van der Waals surface area (Å²) in [4.78, 5) is 0. The number of ether oxygens (including phenoxy) is 3. The van der Waals surface area contributed by atoms with Gasteiger partial charge >= 0.3 is 0 Å². The van der Waals surface area contributed by atoms with E-state index in [0.717, 1.165) is 33.9 Å². The van der Waals surface area contributed by atoms with Gasteiger partial charge in [-0.25, -0.2) is 0 Å². The van der Waals surface area contributed by atoms with Crippen LogP contribution in [0.15, 0.2) is 36.4 Å². The van der Waals surface area contributed by atoms with E-state index >= 15 is 0 Å². The maximum absolute atomic E-state index is 5.99. The highest BCUT2D eigenvalue weighted by Gasteiger charge is 2.21. The Morgan fingerprint density at radius 2 is 2.05 bits per heavy atom. The van der Waals surface area contributed by atoms with Crippen LogP contribution in [0.25, 0.3) is 11.1 Å². The predicted octanol–water partition coefficient (Wildman–Crippen LogP) is 4.22. The molecule has 1 aliphatic rings. The highest BCUT2D eigenvalue weighted by molar-refractivity contribution is 5.77. The van der Waals surface area contributed by atoms with E-state index in [0.29, 0.717) is 13.2 Å². The molecule has 1 atom stereocenters. The first-order chi connectivity index (χ1) is 10.2. The van der Waals surface area contributed by atoms with E-state index in [-0.39, 0.29) is 6.10 Å². The van der Waals surface area contributed by atoms with Gasteiger partial charge in [0.05, 0.1) is 6.61 Å². The lowest BCUT2D eigenvalue weighted by Crippen LogP contribution is -2.26. The van der Waals surface area contributed by atoms with E-state index in [1.807, 2.05) is 32.0 Å². The maximum Gasteiger partial charge on any atom is 0.169 e. The molecule has 1 aliphatic heterocycles. The summed E-state index contributed by atoms with van der Waals surface area (Å²) in [5, 5.41) is 0. The van der Waals surface area contributed by atoms with Crippen molar-refractivity contribution in [1.29, 1.82) is 0 Å². The molecule has 0 spiro atoms. The van der Waals surface area contributed by atoms with Gasteiger partial charge in [-0.1, -0.05) is 18.2 Å². The molecule has 0 N–H and O–H groups in total. The minimum absolute atomic E-state index is 0.0710. The second-order valence-corrected chi connectivity index (χ2v) is 5.28. The van der Waals surface area contributed by atoms with E-state index in [9.17, 15) is 0 Å². The van der Waals surface area contributed by atoms with Gasteiger partial charge in [-0.2, -0.15) is 0 Å². The first-order valence-electron chi connectivity index (χ1n) is 7.35. The van der Waals surface area contributed by atoms with Crippen molar-refractivity contribution in [3.8, 4) is 28.4 Å². The van der Waals surface area contributed by atoms with Crippen molar-refractivity contribution in [3.63, 3.8) is 0 Å². The fourth-order valence-electron chi connectivity index (χ4n) is 2.60. The number of hydrogen-bond donors (Lipinski definition) is 0. The molecule has 0 amide bonds. The highest BCUT2D eigenvalue weighted by Crippen LogP contribution is 2.42. The third kappa shape index (κ3) is 2.68. The molecule has 1 heterocycles. The van der Waals surface area contributed by atoms with Crippen molar-refractivity contribution < 1.29 is 14.2 Å². The summed E-state index contributed by atoms with van der Waals surface area (Å²) in [6.07, 6.45) is 0.0710. The minimum atomic E-state index is 0.0710. The largest absolute Gasteiger partial charge is 0.494 e. The van der Waals surface area contributed by atoms with Crippen LogP contribution in [0, 0.1) is 6.92 Å². The van der Waals surface area contributed by atoms with Crippen LogP contribution < -0.4 is 14.2 Å². The number of hydrogen-bond acceptors (Lipinski definition) is 3. The molecule has 2 aromatic rings. The minimum Gasteiger partial charge on any atom is -0.494 e. The van der Waals surface area contributed by atoms with Crippen LogP contribution in [0.5, 0.6) is 17.2 Å². The molecule has 2 aromatic carbocycles. The van der Waals surface area contributed by atoms with Crippen molar-refractivity contribution in [2.45, 2.75) is 26.9 Å². The Balaban J connectivity index is 2.05. The zero-order valence-corrected chi connectivity index (χ0v) is 12.7. The molecule has 0 saturated carbocycles. The summed E-state index contributed by atoms with van der Waals surface area (Å²) in [5.74, 6) is 2.55. The average Bonchev–Trinajstić information content (AvgIpc) is 2.47. The van der Waals surface area contributed by atoms with Gasteiger partial charge in [0.1, 0.15) is 18.5 Å². The molecule has 21 heavy (non-hydrogen) atoms. The van der Waals surface area contributed by atoms with Crippen LogP contribution in [0.3, 0.4) is 0 Å². The van der Waals surface area contributed by atoms with E-state index in [4.69, 9.17) is 14.2 Å². The Hall–Kier alpha value is -2.16. The van der Waals surface area contributed by atoms with Crippen LogP contribution in [0.2, 0.25) is 0 Å². The number of fused-ring (bicyclic) bond motifs is 1. The predicted molar refractivity (Wildman–Crippen MR) is 83.4 cm³/mol. The molecule has 0 bridgehead atoms. The normalized spacial score (nSPS) is 16.6. The quantitative estimate of drug-likeness (QED) is 0.844. The zero-order valence-electron chi connectivity index (χ0n) is 12.7. The Morgan fingerprint density at radius 3 is 2.81 bits per heavy atom. The molecular formula is C18H20O3. The molecule has 3 rings (SSSR count). The molecule has 0 saturated heterocycles.